The fourth-order valence-electron chi connectivity index (χ4n) is 1.87. The third kappa shape index (κ3) is 1.84. The Bertz CT molecular complexity index is 734. The number of benzene rings is 2. The lowest BCUT2D eigenvalue weighted by Gasteiger charge is -2.00. The second-order valence-corrected chi connectivity index (χ2v) is 4.82. The molecule has 0 saturated carbocycles. The van der Waals surface area contributed by atoms with Crippen LogP contribution in [0.15, 0.2) is 46.9 Å². The first kappa shape index (κ1) is 11.5. The summed E-state index contributed by atoms with van der Waals surface area (Å²) < 4.78 is 5.75. The van der Waals surface area contributed by atoms with Gasteiger partial charge in [-0.2, -0.15) is 0 Å². The minimum Gasteiger partial charge on any atom is -0.455 e. The molecule has 0 bridgehead atoms. The lowest BCUT2D eigenvalue weighted by Crippen LogP contribution is -1.86. The average molecular weight is 278 g/mol. The largest absolute Gasteiger partial charge is 0.455 e. The van der Waals surface area contributed by atoms with Gasteiger partial charge in [-0.05, 0) is 30.3 Å². The summed E-state index contributed by atoms with van der Waals surface area (Å²) in [5.74, 6) is 0.724. The molecule has 1 aromatic heterocycles. The summed E-state index contributed by atoms with van der Waals surface area (Å²) in [6.45, 7) is 0. The zero-order valence-corrected chi connectivity index (χ0v) is 10.8. The molecule has 0 unspecified atom stereocenters. The van der Waals surface area contributed by atoms with E-state index in [1.807, 2.05) is 24.3 Å². The van der Waals surface area contributed by atoms with Gasteiger partial charge >= 0.3 is 0 Å². The molecular formula is C14H9Cl2NO. The summed E-state index contributed by atoms with van der Waals surface area (Å²) in [6, 6.07) is 13.0. The van der Waals surface area contributed by atoms with Crippen LogP contribution in [0.5, 0.6) is 0 Å². The topological polar surface area (TPSA) is 39.2 Å². The number of nitrogens with two attached hydrogens (primary N) is 1. The van der Waals surface area contributed by atoms with Crippen molar-refractivity contribution >= 4 is 39.9 Å². The fourth-order valence-corrected chi connectivity index (χ4v) is 2.20. The number of hydrogen-bond donors (Lipinski definition) is 1. The van der Waals surface area contributed by atoms with Crippen LogP contribution in [0.1, 0.15) is 0 Å². The maximum absolute atomic E-state index is 6.07. The van der Waals surface area contributed by atoms with E-state index in [0.29, 0.717) is 21.3 Å². The van der Waals surface area contributed by atoms with Gasteiger partial charge in [0.1, 0.15) is 5.76 Å². The van der Waals surface area contributed by atoms with Crippen molar-refractivity contribution in [2.45, 2.75) is 0 Å². The van der Waals surface area contributed by atoms with Gasteiger partial charge in [0.15, 0.2) is 5.58 Å². The minimum absolute atomic E-state index is 0.528. The molecule has 4 heteroatoms. The van der Waals surface area contributed by atoms with E-state index in [1.54, 1.807) is 18.2 Å². The third-order valence-electron chi connectivity index (χ3n) is 2.78. The number of fused-ring (bicyclic) bond motifs is 1. The van der Waals surface area contributed by atoms with Crippen molar-refractivity contribution in [3.63, 3.8) is 0 Å². The molecule has 0 aliphatic heterocycles. The van der Waals surface area contributed by atoms with E-state index < -0.39 is 0 Å². The molecular weight excluding hydrogens is 269 g/mol. The van der Waals surface area contributed by atoms with Crippen LogP contribution >= 0.6 is 23.2 Å². The highest BCUT2D eigenvalue weighted by Crippen LogP contribution is 2.33. The third-order valence-corrected chi connectivity index (χ3v) is 3.42. The first-order valence-corrected chi connectivity index (χ1v) is 6.14. The Balaban J connectivity index is 2.19. The van der Waals surface area contributed by atoms with Crippen molar-refractivity contribution < 1.29 is 4.42 Å². The van der Waals surface area contributed by atoms with Crippen LogP contribution in [0.25, 0.3) is 22.3 Å². The van der Waals surface area contributed by atoms with Gasteiger partial charge in [-0.3, -0.25) is 0 Å². The molecule has 0 fully saturated rings. The first-order chi connectivity index (χ1) is 8.65. The predicted octanol–water partition coefficient (Wildman–Crippen LogP) is 4.99. The number of anilines is 1. The molecule has 1 heterocycles. The van der Waals surface area contributed by atoms with Gasteiger partial charge in [-0.1, -0.05) is 35.3 Å². The smallest absolute Gasteiger partial charge is 0.153 e. The monoisotopic (exact) mass is 277 g/mol. The van der Waals surface area contributed by atoms with E-state index in [2.05, 4.69) is 0 Å². The maximum atomic E-state index is 6.07. The van der Waals surface area contributed by atoms with Crippen molar-refractivity contribution in [2.75, 3.05) is 5.73 Å². The lowest BCUT2D eigenvalue weighted by molar-refractivity contribution is 0.632. The van der Waals surface area contributed by atoms with Gasteiger partial charge in [0.05, 0.1) is 15.7 Å². The van der Waals surface area contributed by atoms with Crippen molar-refractivity contribution in [1.29, 1.82) is 0 Å². The van der Waals surface area contributed by atoms with Gasteiger partial charge in [0, 0.05) is 10.9 Å². The van der Waals surface area contributed by atoms with Crippen LogP contribution in [-0.4, -0.2) is 0 Å². The van der Waals surface area contributed by atoms with E-state index in [-0.39, 0.29) is 0 Å². The van der Waals surface area contributed by atoms with Crippen molar-refractivity contribution in [2.24, 2.45) is 0 Å². The predicted molar refractivity (Wildman–Crippen MR) is 76.1 cm³/mol. The molecule has 2 nitrogen and oxygen atoms in total. The van der Waals surface area contributed by atoms with Crippen LogP contribution in [0.2, 0.25) is 10.0 Å². The molecule has 2 N–H and O–H groups in total. The molecule has 0 spiro atoms. The number of nitrogen functional groups attached to an aromatic ring is 1. The van der Waals surface area contributed by atoms with E-state index in [9.17, 15) is 0 Å². The quantitative estimate of drug-likeness (QED) is 0.637. The molecule has 3 aromatic rings. The second kappa shape index (κ2) is 4.23. The molecule has 0 saturated heterocycles. The van der Waals surface area contributed by atoms with Crippen LogP contribution < -0.4 is 5.73 Å². The first-order valence-electron chi connectivity index (χ1n) is 5.38. The van der Waals surface area contributed by atoms with E-state index >= 15 is 0 Å². The Morgan fingerprint density at radius 3 is 2.50 bits per heavy atom. The summed E-state index contributed by atoms with van der Waals surface area (Å²) in [5.41, 5.74) is 7.87. The number of hydrogen-bond acceptors (Lipinski definition) is 2. The molecule has 2 aromatic carbocycles. The number of furan rings is 1. The van der Waals surface area contributed by atoms with Gasteiger partial charge in [-0.25, -0.2) is 0 Å². The molecule has 0 aliphatic carbocycles. The molecule has 18 heavy (non-hydrogen) atoms. The lowest BCUT2D eigenvalue weighted by atomic mass is 10.1. The highest BCUT2D eigenvalue weighted by atomic mass is 35.5. The Morgan fingerprint density at radius 2 is 1.78 bits per heavy atom. The number of halogens is 2. The summed E-state index contributed by atoms with van der Waals surface area (Å²) >= 11 is 12.0. The zero-order chi connectivity index (χ0) is 12.7. The van der Waals surface area contributed by atoms with E-state index in [1.165, 1.54) is 0 Å². The average Bonchev–Trinajstić information content (AvgIpc) is 2.78. The van der Waals surface area contributed by atoms with Crippen molar-refractivity contribution in [3.05, 3.63) is 52.5 Å². The fraction of sp³-hybridized carbons (Fsp3) is 0. The normalized spacial score (nSPS) is 11.0. The second-order valence-electron chi connectivity index (χ2n) is 4.01. The number of para-hydroxylation sites is 1. The van der Waals surface area contributed by atoms with Gasteiger partial charge in [0.25, 0.3) is 0 Å². The Kier molecular flexibility index (Phi) is 2.69. The van der Waals surface area contributed by atoms with Crippen LogP contribution in [-0.2, 0) is 0 Å². The SMILES string of the molecule is Nc1cc(-c2cc3cccc(Cl)c3o2)ccc1Cl. The Labute approximate surface area is 114 Å². The van der Waals surface area contributed by atoms with E-state index in [4.69, 9.17) is 33.4 Å². The Hall–Kier alpha value is -1.64. The standard InChI is InChI=1S/C14H9Cl2NO/c15-10-5-4-8(6-12(10)17)13-7-9-2-1-3-11(16)14(9)18-13/h1-7H,17H2. The summed E-state index contributed by atoms with van der Waals surface area (Å²) in [5, 5.41) is 2.10. The molecule has 0 atom stereocenters. The highest BCUT2D eigenvalue weighted by Gasteiger charge is 2.09. The van der Waals surface area contributed by atoms with Gasteiger partial charge < -0.3 is 10.2 Å². The van der Waals surface area contributed by atoms with Crippen LogP contribution in [0.3, 0.4) is 0 Å². The van der Waals surface area contributed by atoms with Gasteiger partial charge in [-0.15, -0.1) is 0 Å². The summed E-state index contributed by atoms with van der Waals surface area (Å²) in [4.78, 5) is 0. The molecule has 3 rings (SSSR count). The molecule has 90 valence electrons. The van der Waals surface area contributed by atoms with Crippen LogP contribution in [0.4, 0.5) is 5.69 Å². The molecule has 0 aliphatic rings. The van der Waals surface area contributed by atoms with E-state index in [0.717, 1.165) is 16.7 Å². The van der Waals surface area contributed by atoms with Crippen molar-refractivity contribution in [1.82, 2.24) is 0 Å². The van der Waals surface area contributed by atoms with Gasteiger partial charge in [0.2, 0.25) is 0 Å². The maximum Gasteiger partial charge on any atom is 0.153 e. The van der Waals surface area contributed by atoms with Crippen molar-refractivity contribution in [3.8, 4) is 11.3 Å². The molecule has 0 radical (unpaired) electrons. The minimum atomic E-state index is 0.528. The number of rotatable bonds is 1. The zero-order valence-electron chi connectivity index (χ0n) is 9.28. The highest BCUT2D eigenvalue weighted by molar-refractivity contribution is 6.35. The molecule has 0 amide bonds. The summed E-state index contributed by atoms with van der Waals surface area (Å²) in [7, 11) is 0. The summed E-state index contributed by atoms with van der Waals surface area (Å²) in [6.07, 6.45) is 0. The Morgan fingerprint density at radius 1 is 0.944 bits per heavy atom. The van der Waals surface area contributed by atoms with Crippen LogP contribution in [0, 0.1) is 0 Å².